The van der Waals surface area contributed by atoms with Crippen molar-refractivity contribution in [2.24, 2.45) is 0 Å². The first kappa shape index (κ1) is 20.5. The van der Waals surface area contributed by atoms with Crippen LogP contribution in [0.5, 0.6) is 11.5 Å². The van der Waals surface area contributed by atoms with E-state index in [1.54, 1.807) is 25.3 Å². The van der Waals surface area contributed by atoms with E-state index in [-0.39, 0.29) is 10.9 Å². The normalized spacial score (nSPS) is 16.2. The first-order valence-electron chi connectivity index (χ1n) is 9.82. The van der Waals surface area contributed by atoms with E-state index in [0.29, 0.717) is 35.6 Å². The molecule has 0 radical (unpaired) electrons. The largest absolute Gasteiger partial charge is 0.496 e. The zero-order chi connectivity index (χ0) is 21.5. The summed E-state index contributed by atoms with van der Waals surface area (Å²) in [7, 11) is 1.79. The van der Waals surface area contributed by atoms with Crippen molar-refractivity contribution in [2.45, 2.75) is 24.3 Å². The molecule has 0 amide bonds. The number of fused-ring (bicyclic) bond motifs is 2. The molecule has 1 aliphatic rings. The number of anilines is 1. The van der Waals surface area contributed by atoms with Gasteiger partial charge in [0, 0.05) is 17.0 Å². The molecule has 1 heterocycles. The van der Waals surface area contributed by atoms with Crippen molar-refractivity contribution in [3.05, 3.63) is 59.7 Å². The van der Waals surface area contributed by atoms with Gasteiger partial charge in [0.25, 0.3) is 10.0 Å². The zero-order valence-corrected chi connectivity index (χ0v) is 18.4. The lowest BCUT2D eigenvalue weighted by Crippen LogP contribution is -2.38. The van der Waals surface area contributed by atoms with Gasteiger partial charge in [-0.25, -0.2) is 8.42 Å². The summed E-state index contributed by atoms with van der Waals surface area (Å²) in [6.45, 7) is 2.45. The molecule has 1 N–H and O–H groups in total. The Kier molecular flexibility index (Phi) is 5.34. The Hall–Kier alpha value is -2.77. The van der Waals surface area contributed by atoms with Crippen molar-refractivity contribution in [3.8, 4) is 11.5 Å². The number of likely N-dealkylation sites (N-methyl/N-ethyl adjacent to an activating group) is 1. The number of nitrogens with zero attached hydrogens (tertiary/aromatic N) is 1. The molecule has 7 heteroatoms. The third-order valence-corrected chi connectivity index (χ3v) is 7.09. The molecule has 1 aliphatic heterocycles. The minimum atomic E-state index is -3.82. The van der Waals surface area contributed by atoms with Gasteiger partial charge in [-0.1, -0.05) is 30.3 Å². The molecular weight excluding hydrogens is 400 g/mol. The van der Waals surface area contributed by atoms with Crippen molar-refractivity contribution in [1.82, 2.24) is 4.90 Å². The average Bonchev–Trinajstić information content (AvgIpc) is 2.73. The lowest BCUT2D eigenvalue weighted by atomic mass is 10.00. The Morgan fingerprint density at radius 2 is 1.80 bits per heavy atom. The number of aryl methyl sites for hydroxylation is 1. The molecule has 3 aromatic rings. The molecule has 6 nitrogen and oxygen atoms in total. The van der Waals surface area contributed by atoms with Crippen molar-refractivity contribution in [2.75, 3.05) is 32.5 Å². The summed E-state index contributed by atoms with van der Waals surface area (Å²) in [4.78, 5) is 2.34. The van der Waals surface area contributed by atoms with E-state index in [9.17, 15) is 8.42 Å². The predicted octanol–water partition coefficient (Wildman–Crippen LogP) is 3.82. The number of benzene rings is 3. The maximum atomic E-state index is 13.3. The molecule has 3 aromatic carbocycles. The van der Waals surface area contributed by atoms with Crippen LogP contribution in [-0.2, 0) is 16.4 Å². The minimum Gasteiger partial charge on any atom is -0.496 e. The Balaban J connectivity index is 1.77. The second-order valence-electron chi connectivity index (χ2n) is 7.79. The van der Waals surface area contributed by atoms with E-state index in [4.69, 9.17) is 9.47 Å². The Morgan fingerprint density at radius 3 is 2.50 bits per heavy atom. The standard InChI is InChI=1S/C23H26N2O4S/c1-15-9-12-22(18-8-6-5-7-17(15)18)30(26,27)24-20-10-11-21(28-4)19-13-16(25(2)3)14-29-23(19)20/h5-12,16,24H,13-14H2,1-4H3/t16-/m1/s1. The lowest BCUT2D eigenvalue weighted by Gasteiger charge is -2.32. The number of sulfonamides is 1. The van der Waals surface area contributed by atoms with E-state index in [1.807, 2.05) is 51.4 Å². The van der Waals surface area contributed by atoms with Crippen LogP contribution in [0.15, 0.2) is 53.4 Å². The molecule has 30 heavy (non-hydrogen) atoms. The summed E-state index contributed by atoms with van der Waals surface area (Å²) < 4.78 is 40.9. The van der Waals surface area contributed by atoms with Crippen LogP contribution in [0.4, 0.5) is 5.69 Å². The SMILES string of the molecule is COc1ccc(NS(=O)(=O)c2ccc(C)c3ccccc23)c2c1C[C@@H](N(C)C)CO2. The average molecular weight is 427 g/mol. The lowest BCUT2D eigenvalue weighted by molar-refractivity contribution is 0.164. The second kappa shape index (κ2) is 7.81. The van der Waals surface area contributed by atoms with Crippen LogP contribution in [0.25, 0.3) is 10.8 Å². The number of hydrogen-bond acceptors (Lipinski definition) is 5. The summed E-state index contributed by atoms with van der Waals surface area (Å²) in [6, 6.07) is 14.7. The van der Waals surface area contributed by atoms with Gasteiger partial charge in [-0.3, -0.25) is 4.72 Å². The van der Waals surface area contributed by atoms with E-state index < -0.39 is 10.0 Å². The molecule has 1 atom stereocenters. The summed E-state index contributed by atoms with van der Waals surface area (Å²) >= 11 is 0. The number of hydrogen-bond donors (Lipinski definition) is 1. The molecule has 4 rings (SSSR count). The fourth-order valence-corrected chi connectivity index (χ4v) is 5.18. The quantitative estimate of drug-likeness (QED) is 0.672. The van der Waals surface area contributed by atoms with E-state index in [0.717, 1.165) is 16.5 Å². The highest BCUT2D eigenvalue weighted by Crippen LogP contribution is 2.41. The van der Waals surface area contributed by atoms with Gasteiger partial charge < -0.3 is 14.4 Å². The van der Waals surface area contributed by atoms with Gasteiger partial charge in [0.2, 0.25) is 0 Å². The molecule has 0 saturated carbocycles. The topological polar surface area (TPSA) is 67.9 Å². The first-order valence-corrected chi connectivity index (χ1v) is 11.3. The Morgan fingerprint density at radius 1 is 1.07 bits per heavy atom. The Labute approximate surface area is 177 Å². The van der Waals surface area contributed by atoms with Gasteiger partial charge in [0.1, 0.15) is 18.1 Å². The van der Waals surface area contributed by atoms with Gasteiger partial charge in [0.05, 0.1) is 17.7 Å². The van der Waals surface area contributed by atoms with Crippen LogP contribution >= 0.6 is 0 Å². The van der Waals surface area contributed by atoms with Gasteiger partial charge in [-0.2, -0.15) is 0 Å². The van der Waals surface area contributed by atoms with Gasteiger partial charge >= 0.3 is 0 Å². The van der Waals surface area contributed by atoms with Crippen molar-refractivity contribution in [1.29, 1.82) is 0 Å². The van der Waals surface area contributed by atoms with Crippen LogP contribution in [0.2, 0.25) is 0 Å². The fourth-order valence-electron chi connectivity index (χ4n) is 3.90. The Bertz CT molecular complexity index is 1210. The number of nitrogens with one attached hydrogen (secondary N) is 1. The highest BCUT2D eigenvalue weighted by molar-refractivity contribution is 7.93. The van der Waals surface area contributed by atoms with Crippen LogP contribution in [-0.4, -0.2) is 47.2 Å². The van der Waals surface area contributed by atoms with Crippen LogP contribution < -0.4 is 14.2 Å². The predicted molar refractivity (Wildman–Crippen MR) is 119 cm³/mol. The molecule has 0 aromatic heterocycles. The maximum absolute atomic E-state index is 13.3. The number of ether oxygens (including phenoxy) is 2. The molecule has 0 saturated heterocycles. The molecule has 0 aliphatic carbocycles. The minimum absolute atomic E-state index is 0.194. The van der Waals surface area contributed by atoms with Crippen LogP contribution in [0.1, 0.15) is 11.1 Å². The first-order chi connectivity index (χ1) is 14.3. The number of rotatable bonds is 5. The molecule has 0 bridgehead atoms. The fraction of sp³-hybridized carbons (Fsp3) is 0.304. The van der Waals surface area contributed by atoms with E-state index in [2.05, 4.69) is 9.62 Å². The van der Waals surface area contributed by atoms with Crippen LogP contribution in [0.3, 0.4) is 0 Å². The van der Waals surface area contributed by atoms with E-state index >= 15 is 0 Å². The molecule has 0 unspecified atom stereocenters. The van der Waals surface area contributed by atoms with Gasteiger partial charge in [-0.15, -0.1) is 0 Å². The maximum Gasteiger partial charge on any atom is 0.262 e. The summed E-state index contributed by atoms with van der Waals surface area (Å²) in [5.74, 6) is 1.23. The third-order valence-electron chi connectivity index (χ3n) is 5.66. The molecule has 158 valence electrons. The highest BCUT2D eigenvalue weighted by Gasteiger charge is 2.29. The molecular formula is C23H26N2O4S. The van der Waals surface area contributed by atoms with Crippen molar-refractivity contribution >= 4 is 26.5 Å². The van der Waals surface area contributed by atoms with Gasteiger partial charge in [-0.05, 0) is 56.6 Å². The smallest absolute Gasteiger partial charge is 0.262 e. The molecule has 0 fully saturated rings. The zero-order valence-electron chi connectivity index (χ0n) is 17.6. The molecule has 0 spiro atoms. The highest BCUT2D eigenvalue weighted by atomic mass is 32.2. The van der Waals surface area contributed by atoms with Crippen molar-refractivity contribution < 1.29 is 17.9 Å². The summed E-state index contributed by atoms with van der Waals surface area (Å²) in [6.07, 6.45) is 0.717. The van der Waals surface area contributed by atoms with Crippen molar-refractivity contribution in [3.63, 3.8) is 0 Å². The van der Waals surface area contributed by atoms with Crippen LogP contribution in [0, 0.1) is 6.92 Å². The number of methoxy groups -OCH3 is 1. The monoisotopic (exact) mass is 426 g/mol. The third kappa shape index (κ3) is 3.59. The summed E-state index contributed by atoms with van der Waals surface area (Å²) in [5, 5.41) is 1.61. The van der Waals surface area contributed by atoms with Gasteiger partial charge in [0.15, 0.2) is 0 Å². The summed E-state index contributed by atoms with van der Waals surface area (Å²) in [5.41, 5.74) is 2.33. The van der Waals surface area contributed by atoms with E-state index in [1.165, 1.54) is 0 Å². The second-order valence-corrected chi connectivity index (χ2v) is 9.44.